The number of nitro benzene ring substituents is 2. The Labute approximate surface area is 343 Å². The summed E-state index contributed by atoms with van der Waals surface area (Å²) < 4.78 is 18.0. The van der Waals surface area contributed by atoms with Crippen LogP contribution in [0.25, 0.3) is 0 Å². The number of ether oxygens (including phenoxy) is 3. The van der Waals surface area contributed by atoms with E-state index in [9.17, 15) is 44.2 Å². The van der Waals surface area contributed by atoms with Crippen LogP contribution in [0.2, 0.25) is 0 Å². The molecular weight excluding hydrogens is 865 g/mol. The average Bonchev–Trinajstić information content (AvgIpc) is 3.40. The average molecular weight is 918 g/mol. The third-order valence-electron chi connectivity index (χ3n) is 7.21. The first-order chi connectivity index (χ1) is 26.2. The van der Waals surface area contributed by atoms with Crippen molar-refractivity contribution in [3.63, 3.8) is 0 Å². The van der Waals surface area contributed by atoms with Crippen LogP contribution in [-0.2, 0) is 46.5 Å². The number of hydrogen-bond acceptors (Lipinski definition) is 15. The maximum atomic E-state index is 13.2. The fourth-order valence-electron chi connectivity index (χ4n) is 4.87. The lowest BCUT2D eigenvalue weighted by Crippen LogP contribution is -2.53. The van der Waals surface area contributed by atoms with Gasteiger partial charge in [-0.1, -0.05) is 5.21 Å². The maximum absolute atomic E-state index is 13.2. The molecule has 0 fully saturated rings. The van der Waals surface area contributed by atoms with Gasteiger partial charge in [-0.3, -0.25) is 29.8 Å². The number of carbonyl (C=O) groups excluding carboxylic acids is 5. The first-order valence-corrected chi connectivity index (χ1v) is 19.1. The van der Waals surface area contributed by atoms with Gasteiger partial charge >= 0.3 is 23.9 Å². The molecule has 0 aliphatic rings. The van der Waals surface area contributed by atoms with E-state index >= 15 is 0 Å². The summed E-state index contributed by atoms with van der Waals surface area (Å²) in [6.07, 6.45) is 0.534. The third kappa shape index (κ3) is 18.1. The standard InChI is InChI=1S/C35H52IN9O12/c1-33(2,3)55-28(47)16-15-24(31(49)57-35(7,8)9)40-32(50)39-23(30(48)56-34(4,5)6)12-10-11-17-37-27(46)20-43-26(29(36)41-42-43)19-38-22-14-13-21(44(51)52)18-25(22)45(53)54/h13-14,18,23-24,38H,10-12,15-17,19-20H2,1-9H3,(H,37,46)(H2,39,40,50). The van der Waals surface area contributed by atoms with Crippen LogP contribution >= 0.6 is 22.6 Å². The highest BCUT2D eigenvalue weighted by Gasteiger charge is 2.31. The van der Waals surface area contributed by atoms with Gasteiger partial charge in [0.2, 0.25) is 5.91 Å². The molecule has 0 saturated heterocycles. The molecule has 22 heteroatoms. The first-order valence-electron chi connectivity index (χ1n) is 18.0. The molecule has 0 aliphatic heterocycles. The van der Waals surface area contributed by atoms with E-state index < -0.39 is 80.0 Å². The highest BCUT2D eigenvalue weighted by molar-refractivity contribution is 14.1. The molecule has 0 spiro atoms. The van der Waals surface area contributed by atoms with Crippen LogP contribution in [0.15, 0.2) is 18.2 Å². The summed E-state index contributed by atoms with van der Waals surface area (Å²) in [5.41, 5.74) is -3.00. The molecule has 2 rings (SSSR count). The Balaban J connectivity index is 2.02. The van der Waals surface area contributed by atoms with Crippen molar-refractivity contribution in [2.75, 3.05) is 11.9 Å². The van der Waals surface area contributed by atoms with E-state index in [0.29, 0.717) is 22.2 Å². The van der Waals surface area contributed by atoms with Crippen LogP contribution < -0.4 is 21.3 Å². The Bertz CT molecular complexity index is 1780. The summed E-state index contributed by atoms with van der Waals surface area (Å²) in [6, 6.07) is -0.0513. The number of unbranched alkanes of at least 4 members (excludes halogenated alkanes) is 1. The Morgan fingerprint density at radius 1 is 0.825 bits per heavy atom. The van der Waals surface area contributed by atoms with Crippen LogP contribution in [0.4, 0.5) is 21.9 Å². The molecule has 1 aromatic carbocycles. The van der Waals surface area contributed by atoms with Gasteiger partial charge in [-0.2, -0.15) is 0 Å². The Morgan fingerprint density at radius 2 is 1.39 bits per heavy atom. The van der Waals surface area contributed by atoms with Gasteiger partial charge in [0.25, 0.3) is 11.4 Å². The zero-order valence-electron chi connectivity index (χ0n) is 33.6. The number of anilines is 1. The minimum atomic E-state index is -1.24. The van der Waals surface area contributed by atoms with Crippen LogP contribution in [0.3, 0.4) is 0 Å². The highest BCUT2D eigenvalue weighted by atomic mass is 127. The molecule has 0 radical (unpaired) electrons. The second kappa shape index (κ2) is 20.8. The van der Waals surface area contributed by atoms with Crippen LogP contribution in [-0.4, -0.2) is 90.1 Å². The van der Waals surface area contributed by atoms with Crippen molar-refractivity contribution in [2.24, 2.45) is 0 Å². The predicted molar refractivity (Wildman–Crippen MR) is 213 cm³/mol. The summed E-state index contributed by atoms with van der Waals surface area (Å²) in [7, 11) is 0. The van der Waals surface area contributed by atoms with Crippen LogP contribution in [0.1, 0.15) is 100 Å². The summed E-state index contributed by atoms with van der Waals surface area (Å²) in [6.45, 7) is 15.0. The van der Waals surface area contributed by atoms with E-state index in [-0.39, 0.29) is 44.6 Å². The molecule has 1 heterocycles. The smallest absolute Gasteiger partial charge is 0.329 e. The number of carbonyl (C=O) groups is 5. The Kier molecular flexibility index (Phi) is 17.5. The Hall–Kier alpha value is -5.16. The molecule has 2 unspecified atom stereocenters. The molecule has 2 aromatic rings. The number of amides is 3. The number of hydrogen-bond donors (Lipinski definition) is 4. The number of nitro groups is 2. The number of rotatable bonds is 19. The van der Waals surface area contributed by atoms with E-state index in [1.165, 1.54) is 10.7 Å². The minimum absolute atomic E-state index is 0.0244. The van der Waals surface area contributed by atoms with Gasteiger partial charge in [-0.15, -0.1) is 5.10 Å². The first kappa shape index (κ1) is 48.0. The van der Waals surface area contributed by atoms with Crippen molar-refractivity contribution in [2.45, 2.75) is 136 Å². The van der Waals surface area contributed by atoms with E-state index in [1.54, 1.807) is 62.3 Å². The SMILES string of the molecule is CC(C)(C)OC(=O)CCC(NC(=O)NC(CCCCNC(=O)Cn1nnc(I)c1CNc1ccc([N+](=O)[O-])cc1[N+](=O)[O-])C(=O)OC(C)(C)C)C(=O)OC(C)(C)C. The van der Waals surface area contributed by atoms with Crippen molar-refractivity contribution < 1.29 is 48.0 Å². The monoisotopic (exact) mass is 917 g/mol. The van der Waals surface area contributed by atoms with Gasteiger partial charge in [0.15, 0.2) is 0 Å². The molecule has 0 bridgehead atoms. The second-order valence-electron chi connectivity index (χ2n) is 15.8. The highest BCUT2D eigenvalue weighted by Crippen LogP contribution is 2.29. The van der Waals surface area contributed by atoms with Crippen molar-refractivity contribution in [1.82, 2.24) is 30.9 Å². The van der Waals surface area contributed by atoms with Gasteiger partial charge in [-0.05, 0) is 117 Å². The number of urea groups is 1. The number of halogens is 1. The molecule has 0 aliphatic carbocycles. The minimum Gasteiger partial charge on any atom is -0.460 e. The summed E-state index contributed by atoms with van der Waals surface area (Å²) in [5.74, 6) is -2.49. The van der Waals surface area contributed by atoms with Crippen molar-refractivity contribution in [1.29, 1.82) is 0 Å². The number of non-ortho nitro benzene ring substituents is 1. The van der Waals surface area contributed by atoms with Crippen molar-refractivity contribution in [3.05, 3.63) is 47.8 Å². The summed E-state index contributed by atoms with van der Waals surface area (Å²) in [5, 5.41) is 41.2. The van der Waals surface area contributed by atoms with E-state index in [2.05, 4.69) is 31.6 Å². The number of benzene rings is 1. The molecule has 2 atom stereocenters. The normalized spacial score (nSPS) is 12.7. The van der Waals surface area contributed by atoms with Gasteiger partial charge in [0.1, 0.15) is 44.8 Å². The van der Waals surface area contributed by atoms with Crippen LogP contribution in [0, 0.1) is 23.9 Å². The largest absolute Gasteiger partial charge is 0.460 e. The molecule has 4 N–H and O–H groups in total. The van der Waals surface area contributed by atoms with E-state index in [1.807, 2.05) is 22.6 Å². The van der Waals surface area contributed by atoms with Gasteiger partial charge in [-0.25, -0.2) is 19.1 Å². The number of nitrogens with zero attached hydrogens (tertiary/aromatic N) is 5. The fourth-order valence-corrected chi connectivity index (χ4v) is 5.43. The van der Waals surface area contributed by atoms with Crippen molar-refractivity contribution >= 4 is 69.5 Å². The maximum Gasteiger partial charge on any atom is 0.329 e. The molecule has 3 amide bonds. The lowest BCUT2D eigenvalue weighted by molar-refractivity contribution is -0.393. The second-order valence-corrected chi connectivity index (χ2v) is 16.8. The van der Waals surface area contributed by atoms with Crippen LogP contribution in [0.5, 0.6) is 0 Å². The molecule has 1 aromatic heterocycles. The molecule has 0 saturated carbocycles. The zero-order valence-corrected chi connectivity index (χ0v) is 35.7. The molecule has 57 heavy (non-hydrogen) atoms. The van der Waals surface area contributed by atoms with Gasteiger partial charge < -0.3 is 35.5 Å². The number of nitrogens with one attached hydrogen (secondary N) is 4. The predicted octanol–water partition coefficient (Wildman–Crippen LogP) is 4.44. The molecule has 316 valence electrons. The van der Waals surface area contributed by atoms with E-state index in [4.69, 9.17) is 14.2 Å². The number of aromatic nitrogens is 3. The fraction of sp³-hybridized carbons (Fsp3) is 0.629. The molecule has 21 nitrogen and oxygen atoms in total. The van der Waals surface area contributed by atoms with Gasteiger partial charge in [0.05, 0.1) is 28.2 Å². The quantitative estimate of drug-likeness (QED) is 0.0379. The molecular formula is C35H52IN9O12. The lowest BCUT2D eigenvalue weighted by Gasteiger charge is -2.27. The number of esters is 3. The van der Waals surface area contributed by atoms with Gasteiger partial charge in [0, 0.05) is 19.0 Å². The lowest BCUT2D eigenvalue weighted by atomic mass is 10.1. The van der Waals surface area contributed by atoms with Crippen molar-refractivity contribution in [3.8, 4) is 0 Å². The van der Waals surface area contributed by atoms with E-state index in [0.717, 1.165) is 12.1 Å². The summed E-state index contributed by atoms with van der Waals surface area (Å²) >= 11 is 1.90. The zero-order chi connectivity index (χ0) is 43.3. The third-order valence-corrected chi connectivity index (χ3v) is 8.05. The topological polar surface area (TPSA) is 278 Å². The Morgan fingerprint density at radius 3 is 1.91 bits per heavy atom. The summed E-state index contributed by atoms with van der Waals surface area (Å²) in [4.78, 5) is 85.6.